The maximum atomic E-state index is 12.1. The van der Waals surface area contributed by atoms with E-state index in [0.29, 0.717) is 12.3 Å². The molecule has 0 saturated heterocycles. The van der Waals surface area contributed by atoms with Gasteiger partial charge >= 0.3 is 0 Å². The van der Waals surface area contributed by atoms with Crippen molar-refractivity contribution in [2.24, 2.45) is 22.7 Å². The zero-order valence-corrected chi connectivity index (χ0v) is 12.6. The lowest BCUT2D eigenvalue weighted by Crippen LogP contribution is -2.42. The van der Waals surface area contributed by atoms with Crippen LogP contribution >= 0.6 is 0 Å². The highest BCUT2D eigenvalue weighted by atomic mass is 16.4. The summed E-state index contributed by atoms with van der Waals surface area (Å²) in [5.41, 5.74) is 5.56. The van der Waals surface area contributed by atoms with Gasteiger partial charge in [-0.3, -0.25) is 4.79 Å². The Bertz CT molecular complexity index is 290. The monoisotopic (exact) mass is 271 g/mol. The molecule has 0 radical (unpaired) electrons. The highest BCUT2D eigenvalue weighted by Crippen LogP contribution is 2.11. The van der Waals surface area contributed by atoms with Crippen LogP contribution in [-0.2, 0) is 4.79 Å². The molecule has 112 valence electrons. The Morgan fingerprint density at radius 2 is 1.89 bits per heavy atom. The van der Waals surface area contributed by atoms with E-state index < -0.39 is 5.92 Å². The average Bonchev–Trinajstić information content (AvgIpc) is 2.34. The molecule has 1 amide bonds. The number of oxime groups is 1. The van der Waals surface area contributed by atoms with Gasteiger partial charge in [0.2, 0.25) is 5.91 Å². The van der Waals surface area contributed by atoms with E-state index in [-0.39, 0.29) is 17.8 Å². The van der Waals surface area contributed by atoms with Crippen molar-refractivity contribution in [1.29, 1.82) is 0 Å². The smallest absolute Gasteiger partial charge is 0.231 e. The van der Waals surface area contributed by atoms with Crippen LogP contribution in [0.1, 0.15) is 59.8 Å². The van der Waals surface area contributed by atoms with Crippen LogP contribution in [0.5, 0.6) is 0 Å². The Morgan fingerprint density at radius 3 is 2.37 bits per heavy atom. The average molecular weight is 271 g/mol. The van der Waals surface area contributed by atoms with Gasteiger partial charge in [0.05, 0.1) is 5.92 Å². The number of nitrogens with zero attached hydrogens (tertiary/aromatic N) is 1. The molecule has 0 heterocycles. The lowest BCUT2D eigenvalue weighted by atomic mass is 10.00. The van der Waals surface area contributed by atoms with Crippen LogP contribution in [0.4, 0.5) is 0 Å². The van der Waals surface area contributed by atoms with Crippen LogP contribution in [0.15, 0.2) is 5.16 Å². The van der Waals surface area contributed by atoms with Crippen LogP contribution < -0.4 is 11.1 Å². The number of nitrogens with two attached hydrogens (primary N) is 1. The van der Waals surface area contributed by atoms with Crippen molar-refractivity contribution in [1.82, 2.24) is 5.32 Å². The second kappa shape index (κ2) is 9.64. The van der Waals surface area contributed by atoms with Crippen molar-refractivity contribution in [3.63, 3.8) is 0 Å². The summed E-state index contributed by atoms with van der Waals surface area (Å²) in [5.74, 6) is 0.0124. The zero-order valence-electron chi connectivity index (χ0n) is 12.6. The van der Waals surface area contributed by atoms with E-state index in [9.17, 15) is 4.79 Å². The van der Waals surface area contributed by atoms with Crippen molar-refractivity contribution >= 4 is 11.7 Å². The minimum absolute atomic E-state index is 0.00581. The summed E-state index contributed by atoms with van der Waals surface area (Å²) in [5, 5.41) is 14.6. The fourth-order valence-electron chi connectivity index (χ4n) is 2.02. The van der Waals surface area contributed by atoms with Crippen molar-refractivity contribution in [2.45, 2.75) is 65.8 Å². The summed E-state index contributed by atoms with van der Waals surface area (Å²) in [6, 6.07) is 0.122. The molecule has 19 heavy (non-hydrogen) atoms. The third-order valence-electron chi connectivity index (χ3n) is 3.17. The molecule has 0 saturated carbocycles. The molecular formula is C14H29N3O2. The summed E-state index contributed by atoms with van der Waals surface area (Å²) in [4.78, 5) is 12.1. The fourth-order valence-corrected chi connectivity index (χ4v) is 2.02. The molecule has 0 aromatic heterocycles. The van der Waals surface area contributed by atoms with E-state index in [1.165, 1.54) is 6.42 Å². The van der Waals surface area contributed by atoms with Gasteiger partial charge in [-0.15, -0.1) is 0 Å². The lowest BCUT2D eigenvalue weighted by Gasteiger charge is -2.19. The predicted molar refractivity (Wildman–Crippen MR) is 78.1 cm³/mol. The molecule has 5 heteroatoms. The van der Waals surface area contributed by atoms with Gasteiger partial charge in [0.25, 0.3) is 0 Å². The van der Waals surface area contributed by atoms with Gasteiger partial charge in [-0.1, -0.05) is 45.2 Å². The quantitative estimate of drug-likeness (QED) is 0.260. The Morgan fingerprint density at radius 1 is 1.26 bits per heavy atom. The molecule has 0 fully saturated rings. The highest BCUT2D eigenvalue weighted by Gasteiger charge is 2.23. The van der Waals surface area contributed by atoms with Crippen molar-refractivity contribution in [2.75, 3.05) is 0 Å². The third kappa shape index (κ3) is 7.70. The van der Waals surface area contributed by atoms with Gasteiger partial charge in [-0.05, 0) is 25.7 Å². The third-order valence-corrected chi connectivity index (χ3v) is 3.17. The first kappa shape index (κ1) is 17.7. The Hall–Kier alpha value is -1.26. The number of rotatable bonds is 9. The largest absolute Gasteiger partial charge is 0.409 e. The molecule has 0 rings (SSSR count). The van der Waals surface area contributed by atoms with E-state index in [1.807, 2.05) is 13.8 Å². The maximum absolute atomic E-state index is 12.1. The molecule has 0 spiro atoms. The SMILES string of the molecule is CCCC(C(=O)NC(C)CCCC(C)C)C(N)=NO. The van der Waals surface area contributed by atoms with Gasteiger partial charge in [0.1, 0.15) is 0 Å². The summed E-state index contributed by atoms with van der Waals surface area (Å²) in [6.07, 6.45) is 4.63. The molecule has 2 atom stereocenters. The number of carbonyl (C=O) groups is 1. The van der Waals surface area contributed by atoms with E-state index in [0.717, 1.165) is 19.3 Å². The van der Waals surface area contributed by atoms with Crippen molar-refractivity contribution < 1.29 is 10.0 Å². The molecule has 0 aliphatic heterocycles. The molecule has 0 aliphatic rings. The topological polar surface area (TPSA) is 87.7 Å². The first-order valence-corrected chi connectivity index (χ1v) is 7.20. The molecule has 4 N–H and O–H groups in total. The van der Waals surface area contributed by atoms with E-state index >= 15 is 0 Å². The number of nitrogens with one attached hydrogen (secondary N) is 1. The summed E-state index contributed by atoms with van der Waals surface area (Å²) in [7, 11) is 0. The van der Waals surface area contributed by atoms with Crippen LogP contribution in [-0.4, -0.2) is 23.0 Å². The number of amides is 1. The van der Waals surface area contributed by atoms with Crippen LogP contribution in [0.25, 0.3) is 0 Å². The Balaban J connectivity index is 4.23. The minimum atomic E-state index is -0.525. The van der Waals surface area contributed by atoms with Crippen LogP contribution in [0, 0.1) is 11.8 Å². The van der Waals surface area contributed by atoms with E-state index in [2.05, 4.69) is 24.3 Å². The molecule has 2 unspecified atom stereocenters. The van der Waals surface area contributed by atoms with Gasteiger partial charge in [-0.25, -0.2) is 0 Å². The van der Waals surface area contributed by atoms with E-state index in [4.69, 9.17) is 10.9 Å². The Labute approximate surface area is 116 Å². The lowest BCUT2D eigenvalue weighted by molar-refractivity contribution is -0.123. The number of amidine groups is 1. The molecule has 0 aromatic carbocycles. The number of hydrogen-bond donors (Lipinski definition) is 3. The molecule has 0 aliphatic carbocycles. The summed E-state index contributed by atoms with van der Waals surface area (Å²) >= 11 is 0. The van der Waals surface area contributed by atoms with Crippen molar-refractivity contribution in [3.05, 3.63) is 0 Å². The molecule has 0 aromatic rings. The Kier molecular flexibility index (Phi) is 9.00. The minimum Gasteiger partial charge on any atom is -0.409 e. The van der Waals surface area contributed by atoms with Crippen LogP contribution in [0.2, 0.25) is 0 Å². The van der Waals surface area contributed by atoms with Gasteiger partial charge in [0.15, 0.2) is 5.84 Å². The standard InChI is InChI=1S/C14H29N3O2/c1-5-7-12(13(15)17-19)14(18)16-11(4)9-6-8-10(2)3/h10-12,19H,5-9H2,1-4H3,(H2,15,17)(H,16,18). The number of hydrogen-bond acceptors (Lipinski definition) is 3. The molecule has 0 bridgehead atoms. The maximum Gasteiger partial charge on any atom is 0.231 e. The predicted octanol–water partition coefficient (Wildman–Crippen LogP) is 2.48. The van der Waals surface area contributed by atoms with Gasteiger partial charge < -0.3 is 16.3 Å². The van der Waals surface area contributed by atoms with Gasteiger partial charge in [0, 0.05) is 6.04 Å². The number of carbonyl (C=O) groups excluding carboxylic acids is 1. The van der Waals surface area contributed by atoms with Gasteiger partial charge in [-0.2, -0.15) is 0 Å². The first-order chi connectivity index (χ1) is 8.92. The molecular weight excluding hydrogens is 242 g/mol. The van der Waals surface area contributed by atoms with E-state index in [1.54, 1.807) is 0 Å². The summed E-state index contributed by atoms with van der Waals surface area (Å²) in [6.45, 7) is 8.35. The second-order valence-corrected chi connectivity index (χ2v) is 5.60. The second-order valence-electron chi connectivity index (χ2n) is 5.60. The fraction of sp³-hybridized carbons (Fsp3) is 0.857. The zero-order chi connectivity index (χ0) is 14.8. The first-order valence-electron chi connectivity index (χ1n) is 7.20. The summed E-state index contributed by atoms with van der Waals surface area (Å²) < 4.78 is 0. The molecule has 5 nitrogen and oxygen atoms in total. The normalized spacial score (nSPS) is 15.3. The van der Waals surface area contributed by atoms with Crippen LogP contribution in [0.3, 0.4) is 0 Å². The highest BCUT2D eigenvalue weighted by molar-refractivity contribution is 6.02. The van der Waals surface area contributed by atoms with Crippen molar-refractivity contribution in [3.8, 4) is 0 Å².